The van der Waals surface area contributed by atoms with E-state index in [1.54, 1.807) is 19.4 Å². The molecule has 10 nitrogen and oxygen atoms in total. The topological polar surface area (TPSA) is 112 Å². The zero-order valence-corrected chi connectivity index (χ0v) is 20.8. The highest BCUT2D eigenvalue weighted by Crippen LogP contribution is 2.27. The van der Waals surface area contributed by atoms with E-state index in [0.29, 0.717) is 35.5 Å². The van der Waals surface area contributed by atoms with Crippen molar-refractivity contribution >= 4 is 29.1 Å². The van der Waals surface area contributed by atoms with Gasteiger partial charge in [0.2, 0.25) is 0 Å². The molecule has 4 rings (SSSR count). The van der Waals surface area contributed by atoms with Crippen LogP contribution in [0.15, 0.2) is 24.4 Å². The van der Waals surface area contributed by atoms with Crippen LogP contribution in [-0.4, -0.2) is 91.6 Å². The molecule has 190 valence electrons. The molecule has 2 saturated heterocycles. The number of ether oxygens (including phenoxy) is 2. The molecular formula is C24H33ClN6O4. The number of morpholine rings is 1. The lowest BCUT2D eigenvalue weighted by molar-refractivity contribution is 0.0383. The van der Waals surface area contributed by atoms with Crippen LogP contribution in [0.3, 0.4) is 0 Å². The summed E-state index contributed by atoms with van der Waals surface area (Å²) in [6, 6.07) is 5.52. The van der Waals surface area contributed by atoms with Gasteiger partial charge in [-0.1, -0.05) is 17.7 Å². The van der Waals surface area contributed by atoms with E-state index in [1.165, 1.54) is 0 Å². The molecule has 3 heterocycles. The summed E-state index contributed by atoms with van der Waals surface area (Å²) < 4.78 is 10.6. The van der Waals surface area contributed by atoms with Crippen LogP contribution in [0.4, 0.5) is 11.6 Å². The Hall–Kier alpha value is -2.66. The highest BCUT2D eigenvalue weighted by molar-refractivity contribution is 6.32. The van der Waals surface area contributed by atoms with E-state index in [0.717, 1.165) is 57.8 Å². The number of hydrogen-bond acceptors (Lipinski definition) is 9. The Labute approximate surface area is 210 Å². The Balaban J connectivity index is 1.49. The van der Waals surface area contributed by atoms with Crippen molar-refractivity contribution in [3.8, 4) is 5.75 Å². The van der Waals surface area contributed by atoms with Crippen LogP contribution in [0.2, 0.25) is 5.02 Å². The van der Waals surface area contributed by atoms with Gasteiger partial charge < -0.3 is 30.1 Å². The summed E-state index contributed by atoms with van der Waals surface area (Å²) in [7, 11) is 1.57. The molecule has 2 fully saturated rings. The first-order chi connectivity index (χ1) is 17.1. The molecule has 2 aliphatic heterocycles. The van der Waals surface area contributed by atoms with Crippen LogP contribution < -0.4 is 20.3 Å². The maximum absolute atomic E-state index is 13.0. The molecule has 0 radical (unpaired) electrons. The fraction of sp³-hybridized carbons (Fsp3) is 0.542. The van der Waals surface area contributed by atoms with Crippen LogP contribution in [0, 0.1) is 0 Å². The number of aliphatic hydroxyl groups excluding tert-OH is 1. The van der Waals surface area contributed by atoms with Crippen molar-refractivity contribution in [1.29, 1.82) is 0 Å². The lowest BCUT2D eigenvalue weighted by atomic mass is 10.2. The maximum atomic E-state index is 13.0. The van der Waals surface area contributed by atoms with Gasteiger partial charge in [0.1, 0.15) is 11.6 Å². The minimum atomic E-state index is -0.285. The Morgan fingerprint density at radius 1 is 1.31 bits per heavy atom. The molecular weight excluding hydrogens is 472 g/mol. The van der Waals surface area contributed by atoms with Gasteiger partial charge in [0.25, 0.3) is 5.91 Å². The minimum Gasteiger partial charge on any atom is -0.495 e. The van der Waals surface area contributed by atoms with E-state index in [-0.39, 0.29) is 24.2 Å². The van der Waals surface area contributed by atoms with Gasteiger partial charge in [-0.2, -0.15) is 0 Å². The molecule has 35 heavy (non-hydrogen) atoms. The number of halogens is 1. The molecule has 1 aromatic carbocycles. The van der Waals surface area contributed by atoms with E-state index < -0.39 is 0 Å². The average molecular weight is 505 g/mol. The van der Waals surface area contributed by atoms with Crippen molar-refractivity contribution in [2.75, 3.05) is 69.9 Å². The van der Waals surface area contributed by atoms with Gasteiger partial charge in [0, 0.05) is 39.3 Å². The summed E-state index contributed by atoms with van der Waals surface area (Å²) in [6.07, 6.45) is 3.49. The molecule has 1 amide bonds. The fourth-order valence-electron chi connectivity index (χ4n) is 4.38. The van der Waals surface area contributed by atoms with Gasteiger partial charge in [-0.3, -0.25) is 9.69 Å². The van der Waals surface area contributed by atoms with Gasteiger partial charge in [0.15, 0.2) is 11.5 Å². The molecule has 11 heteroatoms. The Morgan fingerprint density at radius 2 is 2.14 bits per heavy atom. The van der Waals surface area contributed by atoms with Gasteiger partial charge in [0.05, 0.1) is 44.2 Å². The van der Waals surface area contributed by atoms with Crippen molar-refractivity contribution in [2.45, 2.75) is 25.4 Å². The zero-order valence-electron chi connectivity index (χ0n) is 20.0. The van der Waals surface area contributed by atoms with Crippen molar-refractivity contribution in [1.82, 2.24) is 20.2 Å². The van der Waals surface area contributed by atoms with Gasteiger partial charge in [-0.05, 0) is 30.5 Å². The van der Waals surface area contributed by atoms with Crippen molar-refractivity contribution in [3.05, 3.63) is 40.7 Å². The Kier molecular flexibility index (Phi) is 8.97. The number of amides is 1. The predicted molar refractivity (Wildman–Crippen MR) is 134 cm³/mol. The summed E-state index contributed by atoms with van der Waals surface area (Å²) >= 11 is 6.27. The second-order valence-electron chi connectivity index (χ2n) is 8.63. The summed E-state index contributed by atoms with van der Waals surface area (Å²) in [5.41, 5.74) is 1.14. The lowest BCUT2D eigenvalue weighted by Crippen LogP contribution is -2.41. The number of nitrogens with zero attached hydrogens (tertiary/aromatic N) is 4. The first kappa shape index (κ1) is 25.4. The molecule has 0 bridgehead atoms. The lowest BCUT2D eigenvalue weighted by Gasteiger charge is -2.26. The molecule has 0 saturated carbocycles. The third-order valence-corrected chi connectivity index (χ3v) is 6.65. The number of aliphatic hydroxyl groups is 1. The highest BCUT2D eigenvalue weighted by atomic mass is 35.5. The quantitative estimate of drug-likeness (QED) is 0.445. The number of benzene rings is 1. The molecule has 1 atom stereocenters. The summed E-state index contributed by atoms with van der Waals surface area (Å²) in [5, 5.41) is 16.5. The van der Waals surface area contributed by atoms with Crippen molar-refractivity contribution in [3.63, 3.8) is 0 Å². The number of methoxy groups -OCH3 is 1. The minimum absolute atomic E-state index is 0.00532. The van der Waals surface area contributed by atoms with Gasteiger partial charge >= 0.3 is 0 Å². The standard InChI is InChI=1S/C24H33ClN6O4/c1-34-20-5-4-17(13-19(20)25)14-28-23-22(24(33)26-6-8-30-9-11-35-12-10-30)27-15-21(29-23)31-7-2-3-18(31)16-32/h4-5,13,15,18,32H,2-3,6-12,14,16H2,1H3,(H,26,33)(H,28,29)/t18-/m0/s1. The van der Waals surface area contributed by atoms with E-state index in [1.807, 2.05) is 17.0 Å². The number of carbonyl (C=O) groups is 1. The third-order valence-electron chi connectivity index (χ3n) is 6.35. The third kappa shape index (κ3) is 6.52. The van der Waals surface area contributed by atoms with E-state index in [9.17, 15) is 9.90 Å². The highest BCUT2D eigenvalue weighted by Gasteiger charge is 2.27. The normalized spacial score (nSPS) is 18.5. The first-order valence-electron chi connectivity index (χ1n) is 12.0. The molecule has 3 N–H and O–H groups in total. The van der Waals surface area contributed by atoms with E-state index >= 15 is 0 Å². The first-order valence-corrected chi connectivity index (χ1v) is 12.4. The summed E-state index contributed by atoms with van der Waals surface area (Å²) in [4.78, 5) is 26.5. The number of aromatic nitrogens is 2. The van der Waals surface area contributed by atoms with Crippen molar-refractivity contribution < 1.29 is 19.4 Å². The number of nitrogens with one attached hydrogen (secondary N) is 2. The average Bonchev–Trinajstić information content (AvgIpc) is 3.37. The zero-order chi connectivity index (χ0) is 24.6. The van der Waals surface area contributed by atoms with E-state index in [4.69, 9.17) is 26.1 Å². The monoisotopic (exact) mass is 504 g/mol. The smallest absolute Gasteiger partial charge is 0.273 e. The fourth-order valence-corrected chi connectivity index (χ4v) is 4.66. The summed E-state index contributed by atoms with van der Waals surface area (Å²) in [5.74, 6) is 1.35. The van der Waals surface area contributed by atoms with Crippen LogP contribution in [0.5, 0.6) is 5.75 Å². The second kappa shape index (κ2) is 12.3. The molecule has 0 spiro atoms. The van der Waals surface area contributed by atoms with Crippen LogP contribution >= 0.6 is 11.6 Å². The van der Waals surface area contributed by atoms with Crippen LogP contribution in [0.25, 0.3) is 0 Å². The number of carbonyl (C=O) groups excluding carboxylic acids is 1. The molecule has 1 aromatic heterocycles. The predicted octanol–water partition coefficient (Wildman–Crippen LogP) is 1.77. The van der Waals surface area contributed by atoms with Gasteiger partial charge in [-0.15, -0.1) is 0 Å². The molecule has 0 aliphatic carbocycles. The number of anilines is 2. The Bertz CT molecular complexity index is 1000. The summed E-state index contributed by atoms with van der Waals surface area (Å²) in [6.45, 7) is 5.67. The maximum Gasteiger partial charge on any atom is 0.273 e. The van der Waals surface area contributed by atoms with Crippen molar-refractivity contribution in [2.24, 2.45) is 0 Å². The Morgan fingerprint density at radius 3 is 2.89 bits per heavy atom. The molecule has 2 aromatic rings. The van der Waals surface area contributed by atoms with E-state index in [2.05, 4.69) is 20.5 Å². The van der Waals surface area contributed by atoms with Crippen LogP contribution in [-0.2, 0) is 11.3 Å². The number of rotatable bonds is 10. The molecule has 0 unspecified atom stereocenters. The largest absolute Gasteiger partial charge is 0.495 e. The van der Waals surface area contributed by atoms with Crippen LogP contribution in [0.1, 0.15) is 28.9 Å². The molecule has 2 aliphatic rings. The second-order valence-corrected chi connectivity index (χ2v) is 9.04. The number of hydrogen-bond donors (Lipinski definition) is 3. The SMILES string of the molecule is COc1ccc(CNc2nc(N3CCC[C@H]3CO)cnc2C(=O)NCCN2CCOCC2)cc1Cl. The van der Waals surface area contributed by atoms with Gasteiger partial charge in [-0.25, -0.2) is 9.97 Å².